The highest BCUT2D eigenvalue weighted by atomic mass is 35.5. The Kier molecular flexibility index (Phi) is 6.37. The third-order valence-corrected chi connectivity index (χ3v) is 6.03. The highest BCUT2D eigenvalue weighted by molar-refractivity contribution is 7.99. The van der Waals surface area contributed by atoms with Crippen molar-refractivity contribution < 1.29 is 9.53 Å². The quantitative estimate of drug-likeness (QED) is 0.377. The molecule has 152 valence electrons. The molecule has 4 aromatic rings. The van der Waals surface area contributed by atoms with E-state index in [0.29, 0.717) is 21.1 Å². The van der Waals surface area contributed by atoms with E-state index in [9.17, 15) is 4.79 Å². The maximum Gasteiger partial charge on any atom is 0.236 e. The molecule has 0 radical (unpaired) electrons. The minimum atomic E-state index is -0.149. The normalized spacial score (nSPS) is 10.7. The standard InChI is InChI=1S/C21H17ClN4O2S2/c1-28-18-8-7-15(22)11-17(18)26-12-16(14-5-3-2-4-6-14)24-21(26)30-13-19(27)25-20-23-9-10-29-20/h2-12H,13H2,1H3,(H,23,25,27). The molecule has 4 rings (SSSR count). The minimum absolute atomic E-state index is 0.149. The molecule has 2 aromatic heterocycles. The molecular formula is C21H17ClN4O2S2. The number of thiazole rings is 1. The van der Waals surface area contributed by atoms with Gasteiger partial charge in [0.1, 0.15) is 5.75 Å². The molecule has 0 saturated heterocycles. The Bertz CT molecular complexity index is 1150. The molecule has 0 aliphatic carbocycles. The lowest BCUT2D eigenvalue weighted by molar-refractivity contribution is -0.113. The number of methoxy groups -OCH3 is 1. The third kappa shape index (κ3) is 4.67. The predicted molar refractivity (Wildman–Crippen MR) is 122 cm³/mol. The summed E-state index contributed by atoms with van der Waals surface area (Å²) >= 11 is 8.95. The highest BCUT2D eigenvalue weighted by Crippen LogP contribution is 2.33. The Labute approximate surface area is 186 Å². The molecule has 2 aromatic carbocycles. The summed E-state index contributed by atoms with van der Waals surface area (Å²) in [5.74, 6) is 0.697. The van der Waals surface area contributed by atoms with E-state index in [4.69, 9.17) is 21.3 Å². The first kappa shape index (κ1) is 20.5. The van der Waals surface area contributed by atoms with Crippen LogP contribution in [0.15, 0.2) is 71.5 Å². The number of benzene rings is 2. The van der Waals surface area contributed by atoms with E-state index in [1.54, 1.807) is 19.4 Å². The Morgan fingerprint density at radius 3 is 2.83 bits per heavy atom. The lowest BCUT2D eigenvalue weighted by atomic mass is 10.2. The molecule has 0 unspecified atom stereocenters. The number of anilines is 1. The Morgan fingerprint density at radius 2 is 2.10 bits per heavy atom. The SMILES string of the molecule is COc1ccc(Cl)cc1-n1cc(-c2ccccc2)nc1SCC(=O)Nc1nccs1. The van der Waals surface area contributed by atoms with Gasteiger partial charge >= 0.3 is 0 Å². The van der Waals surface area contributed by atoms with E-state index in [2.05, 4.69) is 10.3 Å². The van der Waals surface area contributed by atoms with Crippen molar-refractivity contribution in [1.29, 1.82) is 0 Å². The van der Waals surface area contributed by atoms with Crippen LogP contribution in [0.3, 0.4) is 0 Å². The first-order chi connectivity index (χ1) is 14.6. The molecule has 0 atom stereocenters. The number of imidazole rings is 1. The number of hydrogen-bond donors (Lipinski definition) is 1. The number of amides is 1. The minimum Gasteiger partial charge on any atom is -0.495 e. The van der Waals surface area contributed by atoms with Gasteiger partial charge in [-0.3, -0.25) is 9.36 Å². The van der Waals surface area contributed by atoms with Crippen molar-refractivity contribution in [3.63, 3.8) is 0 Å². The molecule has 0 aliphatic rings. The second-order valence-electron chi connectivity index (χ2n) is 6.14. The Hall–Kier alpha value is -2.81. The van der Waals surface area contributed by atoms with Gasteiger partial charge in [-0.1, -0.05) is 53.7 Å². The molecule has 1 amide bonds. The average Bonchev–Trinajstić information content (AvgIpc) is 3.43. The van der Waals surface area contributed by atoms with E-state index in [1.807, 2.05) is 58.6 Å². The van der Waals surface area contributed by atoms with Crippen LogP contribution in [0.25, 0.3) is 16.9 Å². The summed E-state index contributed by atoms with van der Waals surface area (Å²) < 4.78 is 7.41. The van der Waals surface area contributed by atoms with Crippen LogP contribution in [0.5, 0.6) is 5.75 Å². The van der Waals surface area contributed by atoms with Crippen molar-refractivity contribution in [2.24, 2.45) is 0 Å². The number of thioether (sulfide) groups is 1. The molecule has 0 saturated carbocycles. The van der Waals surface area contributed by atoms with Gasteiger partial charge in [-0.05, 0) is 18.2 Å². The van der Waals surface area contributed by atoms with Gasteiger partial charge in [-0.2, -0.15) is 0 Å². The number of carbonyl (C=O) groups excluding carboxylic acids is 1. The first-order valence-electron chi connectivity index (χ1n) is 8.95. The van der Waals surface area contributed by atoms with Gasteiger partial charge < -0.3 is 10.1 Å². The summed E-state index contributed by atoms with van der Waals surface area (Å²) in [4.78, 5) is 21.2. The Morgan fingerprint density at radius 1 is 1.27 bits per heavy atom. The van der Waals surface area contributed by atoms with Crippen LogP contribution in [-0.4, -0.2) is 33.3 Å². The zero-order chi connectivity index (χ0) is 20.9. The topological polar surface area (TPSA) is 69.0 Å². The van der Waals surface area contributed by atoms with E-state index >= 15 is 0 Å². The molecule has 6 nitrogen and oxygen atoms in total. The average molecular weight is 457 g/mol. The molecular weight excluding hydrogens is 440 g/mol. The molecule has 2 heterocycles. The first-order valence-corrected chi connectivity index (χ1v) is 11.2. The zero-order valence-corrected chi connectivity index (χ0v) is 18.3. The number of hydrogen-bond acceptors (Lipinski definition) is 6. The van der Waals surface area contributed by atoms with Crippen LogP contribution in [-0.2, 0) is 4.79 Å². The van der Waals surface area contributed by atoms with Crippen LogP contribution in [0, 0.1) is 0 Å². The summed E-state index contributed by atoms with van der Waals surface area (Å²) in [7, 11) is 1.61. The van der Waals surface area contributed by atoms with Crippen molar-refractivity contribution in [1.82, 2.24) is 14.5 Å². The van der Waals surface area contributed by atoms with E-state index in [1.165, 1.54) is 23.1 Å². The van der Waals surface area contributed by atoms with Gasteiger partial charge in [-0.25, -0.2) is 9.97 Å². The summed E-state index contributed by atoms with van der Waals surface area (Å²) in [5.41, 5.74) is 2.52. The number of aromatic nitrogens is 3. The van der Waals surface area contributed by atoms with Crippen LogP contribution < -0.4 is 10.1 Å². The highest BCUT2D eigenvalue weighted by Gasteiger charge is 2.17. The van der Waals surface area contributed by atoms with Gasteiger partial charge in [0.25, 0.3) is 0 Å². The van der Waals surface area contributed by atoms with Crippen molar-refractivity contribution in [3.05, 3.63) is 71.3 Å². The van der Waals surface area contributed by atoms with Gasteiger partial charge in [0.2, 0.25) is 5.91 Å². The lowest BCUT2D eigenvalue weighted by Crippen LogP contribution is -2.14. The largest absolute Gasteiger partial charge is 0.495 e. The predicted octanol–water partition coefficient (Wildman–Crippen LogP) is 5.39. The smallest absolute Gasteiger partial charge is 0.236 e. The maximum absolute atomic E-state index is 12.3. The summed E-state index contributed by atoms with van der Waals surface area (Å²) in [6, 6.07) is 15.3. The zero-order valence-electron chi connectivity index (χ0n) is 15.9. The van der Waals surface area contributed by atoms with Gasteiger partial charge in [0.05, 0.1) is 24.2 Å². The molecule has 9 heteroatoms. The lowest BCUT2D eigenvalue weighted by Gasteiger charge is -2.12. The van der Waals surface area contributed by atoms with Crippen LogP contribution in [0.1, 0.15) is 0 Å². The number of carbonyl (C=O) groups is 1. The van der Waals surface area contributed by atoms with Crippen molar-refractivity contribution in [3.8, 4) is 22.7 Å². The molecule has 30 heavy (non-hydrogen) atoms. The number of rotatable bonds is 7. The molecule has 0 bridgehead atoms. The van der Waals surface area contributed by atoms with Crippen LogP contribution >= 0.6 is 34.7 Å². The molecule has 0 aliphatic heterocycles. The second kappa shape index (κ2) is 9.34. The number of nitrogens with zero attached hydrogens (tertiary/aromatic N) is 3. The molecule has 0 fully saturated rings. The fourth-order valence-electron chi connectivity index (χ4n) is 2.81. The summed E-state index contributed by atoms with van der Waals surface area (Å²) in [6.45, 7) is 0. The summed E-state index contributed by atoms with van der Waals surface area (Å²) in [5, 5.41) is 6.41. The van der Waals surface area contributed by atoms with Gasteiger partial charge in [-0.15, -0.1) is 11.3 Å². The third-order valence-electron chi connectivity index (χ3n) is 4.15. The second-order valence-corrected chi connectivity index (χ2v) is 8.41. The Balaban J connectivity index is 1.67. The van der Waals surface area contributed by atoms with Crippen molar-refractivity contribution in [2.75, 3.05) is 18.2 Å². The molecule has 1 N–H and O–H groups in total. The van der Waals surface area contributed by atoms with E-state index in [-0.39, 0.29) is 11.7 Å². The maximum atomic E-state index is 12.3. The summed E-state index contributed by atoms with van der Waals surface area (Å²) in [6.07, 6.45) is 3.57. The van der Waals surface area contributed by atoms with Crippen LogP contribution in [0.4, 0.5) is 5.13 Å². The fourth-order valence-corrected chi connectivity index (χ4v) is 4.30. The molecule has 0 spiro atoms. The van der Waals surface area contributed by atoms with E-state index in [0.717, 1.165) is 16.9 Å². The van der Waals surface area contributed by atoms with Gasteiger partial charge in [0.15, 0.2) is 10.3 Å². The number of nitrogens with one attached hydrogen (secondary N) is 1. The number of halogens is 1. The number of ether oxygens (including phenoxy) is 1. The fraction of sp³-hybridized carbons (Fsp3) is 0.0952. The van der Waals surface area contributed by atoms with Crippen molar-refractivity contribution in [2.45, 2.75) is 5.16 Å². The monoisotopic (exact) mass is 456 g/mol. The van der Waals surface area contributed by atoms with Crippen molar-refractivity contribution >= 4 is 45.7 Å². The van der Waals surface area contributed by atoms with Gasteiger partial charge in [0, 0.05) is 28.4 Å². The van der Waals surface area contributed by atoms with E-state index < -0.39 is 0 Å². The van der Waals surface area contributed by atoms with Crippen LogP contribution in [0.2, 0.25) is 5.02 Å².